The van der Waals surface area contributed by atoms with Gasteiger partial charge in [-0.3, -0.25) is 4.79 Å². The van der Waals surface area contributed by atoms with Crippen LogP contribution in [0, 0.1) is 0 Å². The summed E-state index contributed by atoms with van der Waals surface area (Å²) in [5, 5.41) is 2.87. The Morgan fingerprint density at radius 2 is 1.96 bits per heavy atom. The Hall–Kier alpha value is -2.08. The molecule has 0 unspecified atom stereocenters. The minimum absolute atomic E-state index is 0.0335. The predicted molar refractivity (Wildman–Crippen MR) is 98.2 cm³/mol. The van der Waals surface area contributed by atoms with Crippen molar-refractivity contribution in [3.05, 3.63) is 23.8 Å². The van der Waals surface area contributed by atoms with E-state index < -0.39 is 0 Å². The number of anilines is 2. The normalized spacial score (nSPS) is 14.2. The number of nitrogens with zero attached hydrogens (tertiary/aromatic N) is 1. The molecule has 1 aliphatic rings. The van der Waals surface area contributed by atoms with E-state index in [2.05, 4.69) is 10.2 Å². The number of esters is 1. The molecule has 2 rings (SSSR count). The monoisotopic (exact) mass is 348 g/mol. The van der Waals surface area contributed by atoms with E-state index in [1.165, 1.54) is 0 Å². The number of hydrogen-bond acceptors (Lipinski definition) is 5. The van der Waals surface area contributed by atoms with Crippen molar-refractivity contribution in [3.8, 4) is 0 Å². The van der Waals surface area contributed by atoms with Crippen LogP contribution in [-0.4, -0.2) is 44.8 Å². The second-order valence-electron chi connectivity index (χ2n) is 6.12. The summed E-state index contributed by atoms with van der Waals surface area (Å²) in [7, 11) is 0. The van der Waals surface area contributed by atoms with Crippen LogP contribution in [0.15, 0.2) is 18.2 Å². The molecule has 1 N–H and O–H groups in total. The van der Waals surface area contributed by atoms with Gasteiger partial charge in [0.25, 0.3) is 0 Å². The van der Waals surface area contributed by atoms with E-state index in [0.29, 0.717) is 37.5 Å². The van der Waals surface area contributed by atoms with Gasteiger partial charge in [-0.2, -0.15) is 0 Å². The summed E-state index contributed by atoms with van der Waals surface area (Å²) in [5.41, 5.74) is 1.95. The summed E-state index contributed by atoms with van der Waals surface area (Å²) >= 11 is 0. The molecule has 0 aliphatic carbocycles. The Labute approximate surface area is 149 Å². The largest absolute Gasteiger partial charge is 0.462 e. The first-order valence-corrected chi connectivity index (χ1v) is 9.09. The van der Waals surface area contributed by atoms with Gasteiger partial charge in [-0.1, -0.05) is 20.3 Å². The van der Waals surface area contributed by atoms with Crippen LogP contribution < -0.4 is 10.2 Å². The molecule has 1 aromatic rings. The van der Waals surface area contributed by atoms with Crippen LogP contribution >= 0.6 is 0 Å². The lowest BCUT2D eigenvalue weighted by Crippen LogP contribution is -2.37. The van der Waals surface area contributed by atoms with E-state index in [0.717, 1.165) is 38.0 Å². The van der Waals surface area contributed by atoms with Crippen molar-refractivity contribution < 1.29 is 19.1 Å². The molecule has 6 nitrogen and oxygen atoms in total. The zero-order valence-corrected chi connectivity index (χ0v) is 15.2. The van der Waals surface area contributed by atoms with Gasteiger partial charge in [0, 0.05) is 25.2 Å². The molecular weight excluding hydrogens is 320 g/mol. The first-order valence-electron chi connectivity index (χ1n) is 9.09. The zero-order valence-electron chi connectivity index (χ0n) is 15.2. The van der Waals surface area contributed by atoms with Crippen molar-refractivity contribution >= 4 is 23.3 Å². The van der Waals surface area contributed by atoms with Crippen LogP contribution in [0.3, 0.4) is 0 Å². The van der Waals surface area contributed by atoms with Gasteiger partial charge in [0.05, 0.1) is 31.1 Å². The number of benzene rings is 1. The second kappa shape index (κ2) is 10.0. The Balaban J connectivity index is 2.20. The summed E-state index contributed by atoms with van der Waals surface area (Å²) in [6.07, 6.45) is 3.07. The van der Waals surface area contributed by atoms with Crippen LogP contribution in [0.5, 0.6) is 0 Å². The highest BCUT2D eigenvalue weighted by molar-refractivity contribution is 5.99. The maximum atomic E-state index is 12.5. The number of hydrogen-bond donors (Lipinski definition) is 1. The summed E-state index contributed by atoms with van der Waals surface area (Å²) in [6.45, 7) is 7.13. The lowest BCUT2D eigenvalue weighted by Gasteiger charge is -2.30. The van der Waals surface area contributed by atoms with Gasteiger partial charge in [-0.25, -0.2) is 4.79 Å². The van der Waals surface area contributed by atoms with Gasteiger partial charge in [-0.05, 0) is 31.0 Å². The van der Waals surface area contributed by atoms with E-state index in [1.54, 1.807) is 6.07 Å². The molecule has 138 valence electrons. The quantitative estimate of drug-likeness (QED) is 0.731. The number of morpholine rings is 1. The number of unbranched alkanes of at least 4 members (excludes halogenated alkanes) is 1. The van der Waals surface area contributed by atoms with Crippen LogP contribution in [0.1, 0.15) is 49.9 Å². The van der Waals surface area contributed by atoms with Crippen molar-refractivity contribution in [3.63, 3.8) is 0 Å². The van der Waals surface area contributed by atoms with E-state index in [9.17, 15) is 9.59 Å². The fourth-order valence-electron chi connectivity index (χ4n) is 2.69. The van der Waals surface area contributed by atoms with Gasteiger partial charge in [-0.15, -0.1) is 0 Å². The highest BCUT2D eigenvalue weighted by Crippen LogP contribution is 2.26. The van der Waals surface area contributed by atoms with E-state index in [-0.39, 0.29) is 11.9 Å². The number of carbonyl (C=O) groups is 2. The first kappa shape index (κ1) is 19.2. The number of carbonyl (C=O) groups excluding carboxylic acids is 2. The van der Waals surface area contributed by atoms with Gasteiger partial charge < -0.3 is 19.7 Å². The van der Waals surface area contributed by atoms with E-state index in [1.807, 2.05) is 26.0 Å². The minimum Gasteiger partial charge on any atom is -0.462 e. The average molecular weight is 348 g/mol. The molecule has 0 atom stereocenters. The molecule has 1 aromatic carbocycles. The van der Waals surface area contributed by atoms with Crippen molar-refractivity contribution in [2.24, 2.45) is 0 Å². The molecule has 0 aromatic heterocycles. The van der Waals surface area contributed by atoms with E-state index >= 15 is 0 Å². The van der Waals surface area contributed by atoms with Gasteiger partial charge in [0.2, 0.25) is 5.91 Å². The van der Waals surface area contributed by atoms with Crippen molar-refractivity contribution in [2.45, 2.75) is 39.5 Å². The maximum Gasteiger partial charge on any atom is 0.340 e. The number of nitrogens with one attached hydrogen (secondary N) is 1. The first-order chi connectivity index (χ1) is 12.2. The number of rotatable bonds is 8. The molecule has 25 heavy (non-hydrogen) atoms. The molecule has 0 radical (unpaired) electrons. The van der Waals surface area contributed by atoms with Crippen molar-refractivity contribution in [1.82, 2.24) is 0 Å². The third-order valence-corrected chi connectivity index (χ3v) is 4.05. The summed E-state index contributed by atoms with van der Waals surface area (Å²) in [6, 6.07) is 5.43. The molecular formula is C19H28N2O4. The van der Waals surface area contributed by atoms with Gasteiger partial charge >= 0.3 is 5.97 Å². The summed E-state index contributed by atoms with van der Waals surface area (Å²) in [4.78, 5) is 26.6. The third kappa shape index (κ3) is 5.74. The molecule has 1 heterocycles. The zero-order chi connectivity index (χ0) is 18.1. The Morgan fingerprint density at radius 3 is 2.64 bits per heavy atom. The molecule has 1 saturated heterocycles. The summed E-state index contributed by atoms with van der Waals surface area (Å²) < 4.78 is 10.7. The van der Waals surface area contributed by atoms with Gasteiger partial charge in [0.15, 0.2) is 0 Å². The number of amides is 1. The molecule has 0 saturated carbocycles. The SMILES string of the molecule is CCCCC(=O)Nc1ccc(N2CCOCC2)c(C(=O)OCCC)c1. The Morgan fingerprint density at radius 1 is 1.20 bits per heavy atom. The number of ether oxygens (including phenoxy) is 2. The fraction of sp³-hybridized carbons (Fsp3) is 0.579. The Kier molecular flexibility index (Phi) is 7.73. The van der Waals surface area contributed by atoms with Gasteiger partial charge in [0.1, 0.15) is 0 Å². The predicted octanol–water partition coefficient (Wildman–Crippen LogP) is 3.22. The van der Waals surface area contributed by atoms with Crippen LogP contribution in [0.25, 0.3) is 0 Å². The molecule has 1 fully saturated rings. The maximum absolute atomic E-state index is 12.5. The van der Waals surface area contributed by atoms with Crippen molar-refractivity contribution in [1.29, 1.82) is 0 Å². The van der Waals surface area contributed by atoms with E-state index in [4.69, 9.17) is 9.47 Å². The van der Waals surface area contributed by atoms with Crippen LogP contribution in [0.4, 0.5) is 11.4 Å². The smallest absolute Gasteiger partial charge is 0.340 e. The Bertz CT molecular complexity index is 583. The highest BCUT2D eigenvalue weighted by atomic mass is 16.5. The minimum atomic E-state index is -0.354. The molecule has 1 aliphatic heterocycles. The fourth-order valence-corrected chi connectivity index (χ4v) is 2.69. The average Bonchev–Trinajstić information content (AvgIpc) is 2.65. The third-order valence-electron chi connectivity index (χ3n) is 4.05. The second-order valence-corrected chi connectivity index (χ2v) is 6.12. The molecule has 0 bridgehead atoms. The lowest BCUT2D eigenvalue weighted by molar-refractivity contribution is -0.116. The summed E-state index contributed by atoms with van der Waals surface area (Å²) in [5.74, 6) is -0.387. The lowest BCUT2D eigenvalue weighted by atomic mass is 10.1. The van der Waals surface area contributed by atoms with Crippen LogP contribution in [0.2, 0.25) is 0 Å². The van der Waals surface area contributed by atoms with Crippen molar-refractivity contribution in [2.75, 3.05) is 43.1 Å². The highest BCUT2D eigenvalue weighted by Gasteiger charge is 2.20. The molecule has 0 spiro atoms. The van der Waals surface area contributed by atoms with Crippen LogP contribution in [-0.2, 0) is 14.3 Å². The standard InChI is InChI=1S/C19H28N2O4/c1-3-5-6-18(22)20-15-7-8-17(21-9-12-24-13-10-21)16(14-15)19(23)25-11-4-2/h7-8,14H,3-6,9-13H2,1-2H3,(H,20,22). The molecule has 1 amide bonds. The topological polar surface area (TPSA) is 67.9 Å². The molecule has 6 heteroatoms.